The number of Topliss-reactive ketones (excluding diaryl/α,β-unsaturated/α-hetero) is 1. The predicted octanol–water partition coefficient (Wildman–Crippen LogP) is 5.93. The number of hydrogen-bond donors (Lipinski definition) is 2. The number of carbonyl (C=O) groups is 3. The molecule has 7 heteroatoms. The van der Waals surface area contributed by atoms with E-state index >= 15 is 0 Å². The maximum Gasteiger partial charge on any atom is 0.335 e. The highest BCUT2D eigenvalue weighted by Crippen LogP contribution is 2.21. The molecular weight excluding hydrogens is 470 g/mol. The van der Waals surface area contributed by atoms with Crippen molar-refractivity contribution < 1.29 is 29.3 Å². The normalized spacial score (nSPS) is 10.4. The van der Waals surface area contributed by atoms with Crippen LogP contribution in [0.2, 0.25) is 0 Å². The summed E-state index contributed by atoms with van der Waals surface area (Å²) in [5.41, 5.74) is 2.55. The Kier molecular flexibility index (Phi) is 12.6. The number of carbonyl (C=O) groups excluding carboxylic acids is 1. The summed E-state index contributed by atoms with van der Waals surface area (Å²) in [4.78, 5) is 37.2. The van der Waals surface area contributed by atoms with Gasteiger partial charge in [0, 0.05) is 13.0 Å². The van der Waals surface area contributed by atoms with Gasteiger partial charge < -0.3 is 14.9 Å². The van der Waals surface area contributed by atoms with Crippen molar-refractivity contribution in [2.75, 3.05) is 13.1 Å². The van der Waals surface area contributed by atoms with E-state index in [-0.39, 0.29) is 24.3 Å². The molecule has 7 nitrogen and oxygen atoms in total. The number of aliphatic carboxylic acids is 1. The van der Waals surface area contributed by atoms with Crippen LogP contribution in [0.5, 0.6) is 5.75 Å². The minimum atomic E-state index is -0.996. The molecule has 0 spiro atoms. The molecule has 0 unspecified atom stereocenters. The zero-order chi connectivity index (χ0) is 27.0. The third-order valence-corrected chi connectivity index (χ3v) is 5.51. The van der Waals surface area contributed by atoms with Crippen LogP contribution < -0.4 is 4.74 Å². The van der Waals surface area contributed by atoms with Crippen LogP contribution in [0.25, 0.3) is 0 Å². The Bertz CT molecular complexity index is 1130. The van der Waals surface area contributed by atoms with Crippen molar-refractivity contribution in [3.8, 4) is 5.75 Å². The van der Waals surface area contributed by atoms with Crippen LogP contribution in [0.3, 0.4) is 0 Å². The molecule has 196 valence electrons. The highest BCUT2D eigenvalue weighted by Gasteiger charge is 2.17. The van der Waals surface area contributed by atoms with Crippen LogP contribution >= 0.6 is 0 Å². The van der Waals surface area contributed by atoms with E-state index in [9.17, 15) is 14.4 Å². The largest absolute Gasteiger partial charge is 0.488 e. The minimum absolute atomic E-state index is 0.0747. The lowest BCUT2D eigenvalue weighted by Gasteiger charge is -2.22. The summed E-state index contributed by atoms with van der Waals surface area (Å²) in [6.45, 7) is 5.44. The van der Waals surface area contributed by atoms with Gasteiger partial charge in [-0.25, -0.2) is 4.79 Å². The number of ketones is 1. The molecule has 0 radical (unpaired) electrons. The Balaban J connectivity index is 0.00000235. The smallest absolute Gasteiger partial charge is 0.335 e. The van der Waals surface area contributed by atoms with Crippen molar-refractivity contribution in [3.63, 3.8) is 0 Å². The maximum atomic E-state index is 13.3. The van der Waals surface area contributed by atoms with Gasteiger partial charge in [0.05, 0.1) is 17.7 Å². The summed E-state index contributed by atoms with van der Waals surface area (Å²) in [6, 6.07) is 23.4. The van der Waals surface area contributed by atoms with Gasteiger partial charge >= 0.3 is 11.9 Å². The van der Waals surface area contributed by atoms with Crippen LogP contribution in [-0.4, -0.2) is 45.9 Å². The van der Waals surface area contributed by atoms with Crippen molar-refractivity contribution in [2.45, 2.75) is 46.3 Å². The average Bonchev–Trinajstić information content (AvgIpc) is 2.92. The van der Waals surface area contributed by atoms with Gasteiger partial charge in [0.1, 0.15) is 12.4 Å². The number of benzene rings is 3. The molecule has 0 heterocycles. The monoisotopic (exact) mass is 505 g/mol. The number of para-hydroxylation sites is 1. The predicted molar refractivity (Wildman–Crippen MR) is 143 cm³/mol. The van der Waals surface area contributed by atoms with Crippen molar-refractivity contribution in [1.29, 1.82) is 0 Å². The van der Waals surface area contributed by atoms with Crippen LogP contribution in [0.4, 0.5) is 0 Å². The first-order valence-corrected chi connectivity index (χ1v) is 12.5. The molecule has 3 rings (SSSR count). The zero-order valence-electron chi connectivity index (χ0n) is 21.4. The topological polar surface area (TPSA) is 104 Å². The Morgan fingerprint density at radius 1 is 0.784 bits per heavy atom. The molecule has 0 amide bonds. The average molecular weight is 506 g/mol. The number of nitrogens with zero attached hydrogens (tertiary/aromatic N) is 1. The molecule has 0 saturated carbocycles. The van der Waals surface area contributed by atoms with Crippen LogP contribution in [-0.2, 0) is 17.9 Å². The zero-order valence-corrected chi connectivity index (χ0v) is 21.4. The lowest BCUT2D eigenvalue weighted by molar-refractivity contribution is -0.137. The Hall–Kier alpha value is -3.97. The Morgan fingerprint density at radius 2 is 1.43 bits per heavy atom. The molecule has 0 atom stereocenters. The fourth-order valence-corrected chi connectivity index (χ4v) is 3.68. The molecule has 0 aliphatic carbocycles. The van der Waals surface area contributed by atoms with E-state index in [0.717, 1.165) is 11.1 Å². The second-order valence-corrected chi connectivity index (χ2v) is 8.26. The molecule has 0 aliphatic rings. The number of carboxylic acid groups (broad SMARTS) is 2. The summed E-state index contributed by atoms with van der Waals surface area (Å²) in [5.74, 6) is -1.43. The van der Waals surface area contributed by atoms with Gasteiger partial charge in [-0.2, -0.15) is 0 Å². The lowest BCUT2D eigenvalue weighted by Crippen LogP contribution is -2.31. The minimum Gasteiger partial charge on any atom is -0.488 e. The van der Waals surface area contributed by atoms with Gasteiger partial charge in [0.25, 0.3) is 0 Å². The van der Waals surface area contributed by atoms with Gasteiger partial charge in [0.15, 0.2) is 5.78 Å². The molecule has 0 bridgehead atoms. The quantitative estimate of drug-likeness (QED) is 0.207. The second-order valence-electron chi connectivity index (χ2n) is 8.26. The molecule has 2 N–H and O–H groups in total. The highest BCUT2D eigenvalue weighted by atomic mass is 16.5. The third kappa shape index (κ3) is 10.3. The van der Waals surface area contributed by atoms with E-state index in [1.807, 2.05) is 55.1 Å². The standard InChI is InChI=1S/C28H29NO6.C2H6/c30-25(24-10-4-5-11-26(24)35-20-22-8-2-1-3-9-22)19-29(17-7-6-12-27(31)32)18-21-13-15-23(16-14-21)28(33)34;1-2/h1-5,8-11,13-16H,6-7,12,17-20H2,(H,31,32)(H,33,34);1-2H3. The summed E-state index contributed by atoms with van der Waals surface area (Å²) < 4.78 is 5.94. The molecule has 0 aromatic heterocycles. The summed E-state index contributed by atoms with van der Waals surface area (Å²) in [5, 5.41) is 18.0. The SMILES string of the molecule is CC.O=C(O)CCCCN(CC(=O)c1ccccc1OCc1ccccc1)Cc1ccc(C(=O)O)cc1. The van der Waals surface area contributed by atoms with E-state index < -0.39 is 11.9 Å². The van der Waals surface area contributed by atoms with Gasteiger partial charge in [0.2, 0.25) is 0 Å². The Labute approximate surface area is 218 Å². The van der Waals surface area contributed by atoms with E-state index in [4.69, 9.17) is 14.9 Å². The number of hydrogen-bond acceptors (Lipinski definition) is 5. The van der Waals surface area contributed by atoms with E-state index in [1.165, 1.54) is 12.1 Å². The summed E-state index contributed by atoms with van der Waals surface area (Å²) in [6.07, 6.45) is 1.21. The number of aromatic carboxylic acids is 1. The van der Waals surface area contributed by atoms with E-state index in [0.29, 0.717) is 43.9 Å². The molecule has 0 aliphatic heterocycles. The highest BCUT2D eigenvalue weighted by molar-refractivity contribution is 6.00. The van der Waals surface area contributed by atoms with E-state index in [2.05, 4.69) is 0 Å². The second kappa shape index (κ2) is 15.9. The molecule has 0 fully saturated rings. The van der Waals surface area contributed by atoms with Gasteiger partial charge in [-0.3, -0.25) is 14.5 Å². The summed E-state index contributed by atoms with van der Waals surface area (Å²) in [7, 11) is 0. The van der Waals surface area contributed by atoms with Crippen molar-refractivity contribution in [2.24, 2.45) is 0 Å². The first kappa shape index (κ1) is 29.3. The van der Waals surface area contributed by atoms with E-state index in [1.54, 1.807) is 30.3 Å². The number of ether oxygens (including phenoxy) is 1. The van der Waals surface area contributed by atoms with Crippen LogP contribution in [0.1, 0.15) is 65.0 Å². The van der Waals surface area contributed by atoms with Gasteiger partial charge in [-0.1, -0.05) is 68.4 Å². The fourth-order valence-electron chi connectivity index (χ4n) is 3.68. The van der Waals surface area contributed by atoms with Gasteiger partial charge in [-0.15, -0.1) is 0 Å². The first-order valence-electron chi connectivity index (χ1n) is 12.5. The van der Waals surface area contributed by atoms with Crippen LogP contribution in [0.15, 0.2) is 78.9 Å². The van der Waals surface area contributed by atoms with Crippen molar-refractivity contribution >= 4 is 17.7 Å². The van der Waals surface area contributed by atoms with Crippen molar-refractivity contribution in [3.05, 3.63) is 101 Å². The molecular formula is C30H35NO6. The van der Waals surface area contributed by atoms with Crippen LogP contribution in [0, 0.1) is 0 Å². The third-order valence-electron chi connectivity index (χ3n) is 5.51. The molecule has 3 aromatic rings. The molecule has 37 heavy (non-hydrogen) atoms. The fraction of sp³-hybridized carbons (Fsp3) is 0.300. The molecule has 0 saturated heterocycles. The lowest BCUT2D eigenvalue weighted by atomic mass is 10.1. The molecule has 3 aromatic carbocycles. The number of unbranched alkanes of at least 4 members (excludes halogenated alkanes) is 1. The number of carboxylic acids is 2. The maximum absolute atomic E-state index is 13.3. The summed E-state index contributed by atoms with van der Waals surface area (Å²) >= 11 is 0. The van der Waals surface area contributed by atoms with Gasteiger partial charge in [-0.05, 0) is 54.8 Å². The number of rotatable bonds is 14. The van der Waals surface area contributed by atoms with Crippen molar-refractivity contribution in [1.82, 2.24) is 4.90 Å². The Morgan fingerprint density at radius 3 is 2.08 bits per heavy atom. The first-order chi connectivity index (χ1) is 17.9.